The van der Waals surface area contributed by atoms with Crippen molar-refractivity contribution in [3.8, 4) is 0 Å². The lowest BCUT2D eigenvalue weighted by Crippen LogP contribution is -2.47. The molecule has 0 fully saturated rings. The summed E-state index contributed by atoms with van der Waals surface area (Å²) in [6.45, 7) is 3.88. The van der Waals surface area contributed by atoms with Crippen molar-refractivity contribution in [2.45, 2.75) is 25.8 Å². The van der Waals surface area contributed by atoms with Crippen molar-refractivity contribution in [2.24, 2.45) is 0 Å². The van der Waals surface area contributed by atoms with E-state index in [1.165, 1.54) is 28.0 Å². The van der Waals surface area contributed by atoms with Crippen molar-refractivity contribution in [2.75, 3.05) is 32.8 Å². The fourth-order valence-electron chi connectivity index (χ4n) is 4.39. The summed E-state index contributed by atoms with van der Waals surface area (Å²) in [7, 11) is 0. The Morgan fingerprint density at radius 1 is 1.15 bits per heavy atom. The summed E-state index contributed by atoms with van der Waals surface area (Å²) in [5.41, 5.74) is 2.44. The van der Waals surface area contributed by atoms with Gasteiger partial charge in [0.1, 0.15) is 12.4 Å². The van der Waals surface area contributed by atoms with Crippen molar-refractivity contribution in [3.05, 3.63) is 93.4 Å². The normalized spacial score (nSPS) is 15.1. The lowest BCUT2D eigenvalue weighted by Gasteiger charge is -2.37. The topological polar surface area (TPSA) is 49.9 Å². The molecule has 178 valence electrons. The van der Waals surface area contributed by atoms with Crippen molar-refractivity contribution >= 4 is 23.2 Å². The van der Waals surface area contributed by atoms with Gasteiger partial charge in [-0.15, -0.1) is 11.3 Å². The fraction of sp³-hybridized carbons (Fsp3) is 0.333. The molecule has 34 heavy (non-hydrogen) atoms. The van der Waals surface area contributed by atoms with E-state index in [0.29, 0.717) is 32.7 Å². The first-order valence-corrected chi connectivity index (χ1v) is 12.5. The van der Waals surface area contributed by atoms with Crippen LogP contribution < -0.4 is 0 Å². The molecule has 0 bridgehead atoms. The molecule has 0 saturated carbocycles. The van der Waals surface area contributed by atoms with Gasteiger partial charge in [0.05, 0.1) is 6.04 Å². The van der Waals surface area contributed by atoms with Crippen LogP contribution >= 0.6 is 11.3 Å². The van der Waals surface area contributed by atoms with E-state index in [1.54, 1.807) is 17.4 Å². The highest BCUT2D eigenvalue weighted by Crippen LogP contribution is 2.37. The van der Waals surface area contributed by atoms with Crippen LogP contribution in [0.1, 0.15) is 45.7 Å². The third kappa shape index (κ3) is 5.54. The Hall–Kier alpha value is -3.03. The van der Waals surface area contributed by atoms with E-state index in [9.17, 15) is 14.0 Å². The minimum atomic E-state index is -0.475. The molecule has 1 aliphatic rings. The first-order chi connectivity index (χ1) is 16.6. The van der Waals surface area contributed by atoms with Gasteiger partial charge in [0.2, 0.25) is 5.91 Å². The number of thiophene rings is 1. The van der Waals surface area contributed by atoms with Gasteiger partial charge in [-0.3, -0.25) is 9.59 Å². The molecule has 1 aromatic heterocycles. The fourth-order valence-corrected chi connectivity index (χ4v) is 5.30. The SMILES string of the molecule is CCOCCCN(CC(=O)N1CCc2sccc2C1c1ccccc1)C(=O)c1cccc(F)c1. The van der Waals surface area contributed by atoms with E-state index in [4.69, 9.17) is 4.74 Å². The maximum atomic E-state index is 13.8. The molecule has 0 aliphatic carbocycles. The molecular formula is C27H29FN2O3S. The van der Waals surface area contributed by atoms with Crippen LogP contribution in [0.4, 0.5) is 4.39 Å². The molecule has 5 nitrogen and oxygen atoms in total. The molecular weight excluding hydrogens is 451 g/mol. The standard InChI is InChI=1S/C27H29FN2O3S/c1-2-33-16-7-14-29(27(32)21-10-6-11-22(28)18-21)19-25(31)30-15-12-24-23(13-17-34-24)26(30)20-8-4-3-5-9-20/h3-6,8-11,13,17-18,26H,2,7,12,14-16,19H2,1H3. The lowest BCUT2D eigenvalue weighted by atomic mass is 9.93. The number of carbonyl (C=O) groups is 2. The maximum absolute atomic E-state index is 13.8. The summed E-state index contributed by atoms with van der Waals surface area (Å²) in [5, 5.41) is 2.07. The summed E-state index contributed by atoms with van der Waals surface area (Å²) in [4.78, 5) is 31.6. The molecule has 1 aliphatic heterocycles. The Kier molecular flexibility index (Phi) is 8.08. The van der Waals surface area contributed by atoms with Gasteiger partial charge < -0.3 is 14.5 Å². The van der Waals surface area contributed by atoms with Crippen molar-refractivity contribution in [3.63, 3.8) is 0 Å². The number of fused-ring (bicyclic) bond motifs is 1. The Labute approximate surface area is 203 Å². The van der Waals surface area contributed by atoms with Gasteiger partial charge in [-0.1, -0.05) is 36.4 Å². The van der Waals surface area contributed by atoms with Gasteiger partial charge in [0.15, 0.2) is 0 Å². The Bertz CT molecular complexity index is 1120. The first kappa shape index (κ1) is 24.1. The lowest BCUT2D eigenvalue weighted by molar-refractivity contribution is -0.134. The second-order valence-electron chi connectivity index (χ2n) is 8.24. The maximum Gasteiger partial charge on any atom is 0.254 e. The number of benzene rings is 2. The predicted octanol–water partition coefficient (Wildman–Crippen LogP) is 4.93. The van der Waals surface area contributed by atoms with Gasteiger partial charge >= 0.3 is 0 Å². The molecule has 4 rings (SSSR count). The van der Waals surface area contributed by atoms with Crippen LogP contribution in [-0.4, -0.2) is 54.5 Å². The Balaban J connectivity index is 1.57. The van der Waals surface area contributed by atoms with Gasteiger partial charge in [-0.2, -0.15) is 0 Å². The van der Waals surface area contributed by atoms with Crippen molar-refractivity contribution < 1.29 is 18.7 Å². The zero-order valence-corrected chi connectivity index (χ0v) is 20.1. The van der Waals surface area contributed by atoms with E-state index < -0.39 is 5.82 Å². The Morgan fingerprint density at radius 3 is 2.74 bits per heavy atom. The quantitative estimate of drug-likeness (QED) is 0.408. The molecule has 2 amide bonds. The average molecular weight is 481 g/mol. The highest BCUT2D eigenvalue weighted by atomic mass is 32.1. The number of amides is 2. The predicted molar refractivity (Wildman–Crippen MR) is 131 cm³/mol. The van der Waals surface area contributed by atoms with Gasteiger partial charge in [0.25, 0.3) is 5.91 Å². The minimum Gasteiger partial charge on any atom is -0.382 e. The van der Waals surface area contributed by atoms with Crippen LogP contribution in [0.5, 0.6) is 0 Å². The monoisotopic (exact) mass is 480 g/mol. The molecule has 0 spiro atoms. The van der Waals surface area contributed by atoms with Crippen LogP contribution in [0.2, 0.25) is 0 Å². The molecule has 1 unspecified atom stereocenters. The largest absolute Gasteiger partial charge is 0.382 e. The van der Waals surface area contributed by atoms with E-state index in [1.807, 2.05) is 42.2 Å². The number of halogens is 1. The van der Waals surface area contributed by atoms with Crippen LogP contribution in [0, 0.1) is 5.82 Å². The first-order valence-electron chi connectivity index (χ1n) is 11.6. The highest BCUT2D eigenvalue weighted by Gasteiger charge is 2.34. The number of carbonyl (C=O) groups excluding carboxylic acids is 2. The highest BCUT2D eigenvalue weighted by molar-refractivity contribution is 7.10. The second-order valence-corrected chi connectivity index (χ2v) is 9.24. The molecule has 2 heterocycles. The van der Waals surface area contributed by atoms with Gasteiger partial charge in [-0.05, 0) is 60.5 Å². The van der Waals surface area contributed by atoms with Crippen molar-refractivity contribution in [1.29, 1.82) is 0 Å². The third-order valence-electron chi connectivity index (χ3n) is 6.01. The molecule has 2 aromatic carbocycles. The van der Waals surface area contributed by atoms with Crippen molar-refractivity contribution in [1.82, 2.24) is 9.80 Å². The summed E-state index contributed by atoms with van der Waals surface area (Å²) in [6.07, 6.45) is 1.39. The molecule has 1 atom stereocenters. The Morgan fingerprint density at radius 2 is 1.97 bits per heavy atom. The number of ether oxygens (including phenoxy) is 1. The van der Waals surface area contributed by atoms with Gasteiger partial charge in [0, 0.05) is 36.7 Å². The number of rotatable bonds is 9. The van der Waals surface area contributed by atoms with E-state index in [0.717, 1.165) is 17.5 Å². The van der Waals surface area contributed by atoms with E-state index in [2.05, 4.69) is 11.4 Å². The smallest absolute Gasteiger partial charge is 0.254 e. The number of hydrogen-bond acceptors (Lipinski definition) is 4. The van der Waals surface area contributed by atoms with Crippen LogP contribution in [0.15, 0.2) is 66.0 Å². The zero-order valence-electron chi connectivity index (χ0n) is 19.3. The average Bonchev–Trinajstić information content (AvgIpc) is 3.34. The molecule has 7 heteroatoms. The van der Waals surface area contributed by atoms with E-state index >= 15 is 0 Å². The zero-order chi connectivity index (χ0) is 23.9. The molecule has 3 aromatic rings. The minimum absolute atomic E-state index is 0.0652. The van der Waals surface area contributed by atoms with Gasteiger partial charge in [-0.25, -0.2) is 4.39 Å². The molecule has 0 radical (unpaired) electrons. The second kappa shape index (κ2) is 11.4. The number of hydrogen-bond donors (Lipinski definition) is 0. The molecule has 0 N–H and O–H groups in total. The van der Waals surface area contributed by atoms with Crippen LogP contribution in [0.3, 0.4) is 0 Å². The third-order valence-corrected chi connectivity index (χ3v) is 7.00. The summed E-state index contributed by atoms with van der Waals surface area (Å²) < 4.78 is 19.2. The summed E-state index contributed by atoms with van der Waals surface area (Å²) in [5.74, 6) is -0.947. The summed E-state index contributed by atoms with van der Waals surface area (Å²) in [6, 6.07) is 17.5. The van der Waals surface area contributed by atoms with E-state index in [-0.39, 0.29) is 30.0 Å². The van der Waals surface area contributed by atoms with Crippen LogP contribution in [0.25, 0.3) is 0 Å². The molecule has 0 saturated heterocycles. The number of nitrogens with zero attached hydrogens (tertiary/aromatic N) is 2. The van der Waals surface area contributed by atoms with Crippen LogP contribution in [-0.2, 0) is 16.0 Å². The summed E-state index contributed by atoms with van der Waals surface area (Å²) >= 11 is 1.72.